The average Bonchev–Trinajstić information content (AvgIpc) is 1.98. The van der Waals surface area contributed by atoms with E-state index in [1.807, 2.05) is 0 Å². The van der Waals surface area contributed by atoms with Crippen LogP contribution in [0, 0.1) is 22.7 Å². The molecule has 0 bridgehead atoms. The van der Waals surface area contributed by atoms with Gasteiger partial charge in [-0.1, -0.05) is 55.4 Å². The summed E-state index contributed by atoms with van der Waals surface area (Å²) in [6, 6.07) is 0. The van der Waals surface area contributed by atoms with Crippen LogP contribution in [-0.2, 0) is 0 Å². The molecule has 0 aromatic heterocycles. The minimum Gasteiger partial charge on any atom is -0.0623 e. The van der Waals surface area contributed by atoms with Crippen LogP contribution in [0.15, 0.2) is 0 Å². The first kappa shape index (κ1) is 14.0. The van der Waals surface area contributed by atoms with E-state index in [9.17, 15) is 0 Å². The summed E-state index contributed by atoms with van der Waals surface area (Å²) in [5.41, 5.74) is 0.965. The number of rotatable bonds is 4. The van der Waals surface area contributed by atoms with Crippen LogP contribution in [0.1, 0.15) is 68.2 Å². The molecule has 0 aromatic carbocycles. The predicted molar refractivity (Wildman–Crippen MR) is 66.5 cm³/mol. The maximum atomic E-state index is 2.40. The summed E-state index contributed by atoms with van der Waals surface area (Å²) >= 11 is 0. The van der Waals surface area contributed by atoms with E-state index in [0.717, 1.165) is 11.8 Å². The highest BCUT2D eigenvalue weighted by Gasteiger charge is 2.26. The molecule has 0 aliphatic carbocycles. The lowest BCUT2D eigenvalue weighted by Crippen LogP contribution is -2.23. The normalized spacial score (nSPS) is 16.1. The minimum absolute atomic E-state index is 0.465. The number of hydrogen-bond donors (Lipinski definition) is 0. The largest absolute Gasteiger partial charge is 0.0623 e. The Morgan fingerprint density at radius 2 is 1.29 bits per heavy atom. The Bertz CT molecular complexity index is 157. The van der Waals surface area contributed by atoms with Crippen LogP contribution in [0.2, 0.25) is 0 Å². The molecule has 0 aliphatic rings. The third-order valence-electron chi connectivity index (χ3n) is 4.26. The fourth-order valence-corrected chi connectivity index (χ4v) is 1.31. The molecule has 1 unspecified atom stereocenters. The molecule has 1 atom stereocenters. The van der Waals surface area contributed by atoms with Crippen molar-refractivity contribution in [2.75, 3.05) is 0 Å². The van der Waals surface area contributed by atoms with Gasteiger partial charge in [-0.25, -0.2) is 0 Å². The standard InChI is InChI=1S/C14H30/c1-11(2)14(7,8)10-9-12(3)13(4,5)6/h11-12H,9-10H2,1-8H3. The molecule has 0 nitrogen and oxygen atoms in total. The first-order valence-corrected chi connectivity index (χ1v) is 6.07. The molecule has 0 N–H and O–H groups in total. The second kappa shape index (κ2) is 4.68. The van der Waals surface area contributed by atoms with Gasteiger partial charge in [0.2, 0.25) is 0 Å². The third-order valence-corrected chi connectivity index (χ3v) is 4.26. The van der Waals surface area contributed by atoms with Gasteiger partial charge in [0.05, 0.1) is 0 Å². The van der Waals surface area contributed by atoms with Gasteiger partial charge in [0.15, 0.2) is 0 Å². The van der Waals surface area contributed by atoms with Crippen molar-refractivity contribution in [3.63, 3.8) is 0 Å². The van der Waals surface area contributed by atoms with E-state index in [0.29, 0.717) is 10.8 Å². The lowest BCUT2D eigenvalue weighted by atomic mass is 9.72. The smallest absolute Gasteiger partial charge is 0.0331 e. The minimum atomic E-state index is 0.465. The summed E-state index contributed by atoms with van der Waals surface area (Å²) in [6.07, 6.45) is 2.71. The van der Waals surface area contributed by atoms with E-state index in [2.05, 4.69) is 55.4 Å². The highest BCUT2D eigenvalue weighted by atomic mass is 14.3. The maximum absolute atomic E-state index is 2.40. The first-order chi connectivity index (χ1) is 6.07. The molecule has 0 saturated carbocycles. The average molecular weight is 198 g/mol. The van der Waals surface area contributed by atoms with Crippen molar-refractivity contribution in [1.82, 2.24) is 0 Å². The van der Waals surface area contributed by atoms with Gasteiger partial charge >= 0.3 is 0 Å². The zero-order valence-electron chi connectivity index (χ0n) is 11.6. The topological polar surface area (TPSA) is 0 Å². The number of hydrogen-bond acceptors (Lipinski definition) is 0. The van der Waals surface area contributed by atoms with Crippen molar-refractivity contribution in [3.05, 3.63) is 0 Å². The summed E-state index contributed by atoms with van der Waals surface area (Å²) in [4.78, 5) is 0. The highest BCUT2D eigenvalue weighted by molar-refractivity contribution is 4.77. The molecule has 0 spiro atoms. The van der Waals surface area contributed by atoms with Crippen molar-refractivity contribution in [2.45, 2.75) is 68.2 Å². The van der Waals surface area contributed by atoms with E-state index in [1.54, 1.807) is 0 Å². The van der Waals surface area contributed by atoms with Crippen molar-refractivity contribution in [1.29, 1.82) is 0 Å². The summed E-state index contributed by atoms with van der Waals surface area (Å²) in [7, 11) is 0. The van der Waals surface area contributed by atoms with E-state index >= 15 is 0 Å². The van der Waals surface area contributed by atoms with Crippen molar-refractivity contribution in [2.24, 2.45) is 22.7 Å². The predicted octanol–water partition coefficient (Wildman–Crippen LogP) is 5.13. The van der Waals surface area contributed by atoms with Crippen molar-refractivity contribution < 1.29 is 0 Å². The Kier molecular flexibility index (Phi) is 4.68. The van der Waals surface area contributed by atoms with Gasteiger partial charge in [0.1, 0.15) is 0 Å². The quantitative estimate of drug-likeness (QED) is 0.587. The van der Waals surface area contributed by atoms with E-state index in [4.69, 9.17) is 0 Å². The molecular formula is C14H30. The Balaban J connectivity index is 4.07. The van der Waals surface area contributed by atoms with Crippen LogP contribution < -0.4 is 0 Å². The Morgan fingerprint density at radius 1 is 0.857 bits per heavy atom. The van der Waals surface area contributed by atoms with Crippen LogP contribution in [-0.4, -0.2) is 0 Å². The van der Waals surface area contributed by atoms with Crippen LogP contribution in [0.25, 0.3) is 0 Å². The molecule has 0 heteroatoms. The Labute approximate surface area is 91.5 Å². The summed E-state index contributed by atoms with van der Waals surface area (Å²) < 4.78 is 0. The van der Waals surface area contributed by atoms with Crippen LogP contribution in [0.5, 0.6) is 0 Å². The molecule has 0 saturated heterocycles. The van der Waals surface area contributed by atoms with E-state index in [-0.39, 0.29) is 0 Å². The SMILES string of the molecule is CC(CCC(C)(C)C(C)C)C(C)(C)C. The van der Waals surface area contributed by atoms with Crippen molar-refractivity contribution >= 4 is 0 Å². The summed E-state index contributed by atoms with van der Waals surface area (Å²) in [5, 5.41) is 0. The third kappa shape index (κ3) is 4.48. The van der Waals surface area contributed by atoms with Gasteiger partial charge in [-0.3, -0.25) is 0 Å². The molecule has 0 fully saturated rings. The van der Waals surface area contributed by atoms with Crippen LogP contribution >= 0.6 is 0 Å². The van der Waals surface area contributed by atoms with E-state index in [1.165, 1.54) is 12.8 Å². The second-order valence-electron chi connectivity index (χ2n) is 6.95. The molecule has 0 amide bonds. The zero-order chi connectivity index (χ0) is 11.6. The summed E-state index contributed by atoms with van der Waals surface area (Å²) in [5.74, 6) is 1.61. The maximum Gasteiger partial charge on any atom is -0.0331 e. The van der Waals surface area contributed by atoms with Crippen molar-refractivity contribution in [3.8, 4) is 0 Å². The van der Waals surface area contributed by atoms with Gasteiger partial charge in [-0.05, 0) is 35.5 Å². The molecule has 0 radical (unpaired) electrons. The second-order valence-corrected chi connectivity index (χ2v) is 6.95. The fraction of sp³-hybridized carbons (Fsp3) is 1.00. The Morgan fingerprint density at radius 3 is 1.57 bits per heavy atom. The zero-order valence-corrected chi connectivity index (χ0v) is 11.6. The Hall–Kier alpha value is 0. The fourth-order valence-electron chi connectivity index (χ4n) is 1.31. The van der Waals surface area contributed by atoms with Gasteiger partial charge < -0.3 is 0 Å². The molecule has 0 aliphatic heterocycles. The van der Waals surface area contributed by atoms with Gasteiger partial charge in [0.25, 0.3) is 0 Å². The van der Waals surface area contributed by atoms with Gasteiger partial charge in [-0.2, -0.15) is 0 Å². The first-order valence-electron chi connectivity index (χ1n) is 6.07. The van der Waals surface area contributed by atoms with E-state index < -0.39 is 0 Å². The molecule has 0 rings (SSSR count). The molecule has 0 aromatic rings. The monoisotopic (exact) mass is 198 g/mol. The van der Waals surface area contributed by atoms with Crippen LogP contribution in [0.3, 0.4) is 0 Å². The molecule has 86 valence electrons. The van der Waals surface area contributed by atoms with Crippen LogP contribution in [0.4, 0.5) is 0 Å². The van der Waals surface area contributed by atoms with Gasteiger partial charge in [-0.15, -0.1) is 0 Å². The molecule has 0 heterocycles. The summed E-state index contributed by atoms with van der Waals surface area (Å²) in [6.45, 7) is 18.9. The lowest BCUT2D eigenvalue weighted by Gasteiger charge is -2.34. The lowest BCUT2D eigenvalue weighted by molar-refractivity contribution is 0.170. The van der Waals surface area contributed by atoms with Gasteiger partial charge in [0, 0.05) is 0 Å². The molecule has 14 heavy (non-hydrogen) atoms. The molecular weight excluding hydrogens is 168 g/mol. The highest BCUT2D eigenvalue weighted by Crippen LogP contribution is 2.37.